The quantitative estimate of drug-likeness (QED) is 0.604. The van der Waals surface area contributed by atoms with Gasteiger partial charge in [-0.3, -0.25) is 0 Å². The molecule has 0 bridgehead atoms. The van der Waals surface area contributed by atoms with Crippen LogP contribution in [-0.4, -0.2) is 10.1 Å². The lowest BCUT2D eigenvalue weighted by Crippen LogP contribution is -1.88. The van der Waals surface area contributed by atoms with Gasteiger partial charge in [0.1, 0.15) is 5.52 Å². The lowest BCUT2D eigenvalue weighted by molar-refractivity contribution is 0.436. The Balaban J connectivity index is 1.95. The molecule has 0 aliphatic heterocycles. The predicted octanol–water partition coefficient (Wildman–Crippen LogP) is 3.73. The van der Waals surface area contributed by atoms with E-state index in [1.165, 1.54) is 0 Å². The van der Waals surface area contributed by atoms with Crippen LogP contribution in [0.5, 0.6) is 0 Å². The molecular formula is C16H11N3O2. The topological polar surface area (TPSA) is 78.1 Å². The lowest BCUT2D eigenvalue weighted by atomic mass is 10.0. The Kier molecular flexibility index (Phi) is 2.50. The second kappa shape index (κ2) is 4.49. The van der Waals surface area contributed by atoms with Gasteiger partial charge in [-0.1, -0.05) is 35.5 Å². The Morgan fingerprint density at radius 2 is 1.62 bits per heavy atom. The minimum absolute atomic E-state index is 0.276. The van der Waals surface area contributed by atoms with Gasteiger partial charge in [-0.05, 0) is 18.2 Å². The number of nitrogen functional groups attached to an aromatic ring is 1. The van der Waals surface area contributed by atoms with Crippen molar-refractivity contribution < 1.29 is 8.94 Å². The molecule has 0 saturated heterocycles. The van der Waals surface area contributed by atoms with Crippen molar-refractivity contribution in [2.75, 3.05) is 5.73 Å². The molecule has 5 nitrogen and oxygen atoms in total. The summed E-state index contributed by atoms with van der Waals surface area (Å²) in [6.07, 6.45) is 1.59. The van der Waals surface area contributed by atoms with Crippen LogP contribution in [0.25, 0.3) is 33.7 Å². The van der Waals surface area contributed by atoms with Crippen molar-refractivity contribution in [3.8, 4) is 22.6 Å². The van der Waals surface area contributed by atoms with Crippen molar-refractivity contribution in [3.05, 3.63) is 54.7 Å². The highest BCUT2D eigenvalue weighted by Crippen LogP contribution is 2.35. The van der Waals surface area contributed by atoms with Gasteiger partial charge in [0.05, 0.1) is 11.8 Å². The number of rotatable bonds is 2. The summed E-state index contributed by atoms with van der Waals surface area (Å²) >= 11 is 0. The fourth-order valence-corrected chi connectivity index (χ4v) is 2.34. The van der Waals surface area contributed by atoms with Crippen LogP contribution in [-0.2, 0) is 0 Å². The molecule has 2 N–H and O–H groups in total. The Bertz CT molecular complexity index is 891. The van der Waals surface area contributed by atoms with Crippen molar-refractivity contribution in [2.45, 2.75) is 0 Å². The van der Waals surface area contributed by atoms with Crippen LogP contribution in [0.1, 0.15) is 0 Å². The normalized spacial score (nSPS) is 11.0. The molecule has 0 spiro atoms. The number of nitrogens with zero attached hydrogens (tertiary/aromatic N) is 2. The molecule has 0 amide bonds. The van der Waals surface area contributed by atoms with E-state index >= 15 is 0 Å². The fourth-order valence-electron chi connectivity index (χ4n) is 2.34. The lowest BCUT2D eigenvalue weighted by Gasteiger charge is -2.03. The van der Waals surface area contributed by atoms with Crippen molar-refractivity contribution in [2.24, 2.45) is 0 Å². The number of hydrogen-bond acceptors (Lipinski definition) is 5. The van der Waals surface area contributed by atoms with Gasteiger partial charge in [0.2, 0.25) is 11.8 Å². The summed E-state index contributed by atoms with van der Waals surface area (Å²) in [5, 5.41) is 3.72. The minimum Gasteiger partial charge on any atom is -0.436 e. The van der Waals surface area contributed by atoms with Crippen LogP contribution >= 0.6 is 0 Å². The summed E-state index contributed by atoms with van der Waals surface area (Å²) < 4.78 is 10.8. The van der Waals surface area contributed by atoms with Gasteiger partial charge < -0.3 is 14.7 Å². The average molecular weight is 277 g/mol. The first-order valence-corrected chi connectivity index (χ1v) is 6.48. The van der Waals surface area contributed by atoms with E-state index in [9.17, 15) is 0 Å². The summed E-state index contributed by atoms with van der Waals surface area (Å²) in [6.45, 7) is 0. The number of nitrogens with two attached hydrogens (primary N) is 1. The molecule has 0 aliphatic rings. The molecule has 0 radical (unpaired) electrons. The van der Waals surface area contributed by atoms with Gasteiger partial charge >= 0.3 is 0 Å². The number of para-hydroxylation sites is 2. The third-order valence-electron chi connectivity index (χ3n) is 3.34. The zero-order chi connectivity index (χ0) is 14.2. The maximum Gasteiger partial charge on any atom is 0.229 e. The third-order valence-corrected chi connectivity index (χ3v) is 3.34. The number of anilines is 1. The highest BCUT2D eigenvalue weighted by atomic mass is 16.5. The number of benzene rings is 2. The van der Waals surface area contributed by atoms with Crippen LogP contribution in [0.4, 0.5) is 5.88 Å². The van der Waals surface area contributed by atoms with Gasteiger partial charge in [-0.25, -0.2) is 4.98 Å². The van der Waals surface area contributed by atoms with E-state index in [1.807, 2.05) is 48.5 Å². The summed E-state index contributed by atoms with van der Waals surface area (Å²) in [5.74, 6) is 0.825. The molecule has 5 heteroatoms. The molecule has 2 heterocycles. The van der Waals surface area contributed by atoms with E-state index < -0.39 is 0 Å². The highest BCUT2D eigenvalue weighted by Gasteiger charge is 2.16. The van der Waals surface area contributed by atoms with Gasteiger partial charge in [0.15, 0.2) is 5.58 Å². The van der Waals surface area contributed by atoms with Gasteiger partial charge in [-0.2, -0.15) is 0 Å². The largest absolute Gasteiger partial charge is 0.436 e. The number of hydrogen-bond donors (Lipinski definition) is 1. The molecule has 0 unspecified atom stereocenters. The monoisotopic (exact) mass is 277 g/mol. The summed E-state index contributed by atoms with van der Waals surface area (Å²) in [6, 6.07) is 15.4. The molecule has 2 aromatic heterocycles. The summed E-state index contributed by atoms with van der Waals surface area (Å²) in [7, 11) is 0. The average Bonchev–Trinajstić information content (AvgIpc) is 3.13. The molecule has 2 aromatic carbocycles. The molecule has 0 saturated carbocycles. The molecule has 4 rings (SSSR count). The smallest absolute Gasteiger partial charge is 0.229 e. The van der Waals surface area contributed by atoms with Crippen molar-refractivity contribution in [1.82, 2.24) is 10.1 Å². The molecular weight excluding hydrogens is 266 g/mol. The standard InChI is InChI=1S/C16H11N3O2/c17-15-12(9-18-21-15)10-5-1-2-6-11(10)16-19-13-7-3-4-8-14(13)20-16/h1-9H,17H2. The molecule has 0 atom stereocenters. The number of oxazole rings is 1. The van der Waals surface area contributed by atoms with Crippen molar-refractivity contribution in [3.63, 3.8) is 0 Å². The second-order valence-electron chi connectivity index (χ2n) is 4.64. The predicted molar refractivity (Wildman–Crippen MR) is 79.4 cm³/mol. The summed E-state index contributed by atoms with van der Waals surface area (Å²) in [4.78, 5) is 4.52. The minimum atomic E-state index is 0.276. The van der Waals surface area contributed by atoms with Crippen LogP contribution in [0.2, 0.25) is 0 Å². The van der Waals surface area contributed by atoms with Crippen LogP contribution in [0, 0.1) is 0 Å². The van der Waals surface area contributed by atoms with Gasteiger partial charge in [-0.15, -0.1) is 0 Å². The van der Waals surface area contributed by atoms with E-state index in [0.717, 1.165) is 27.8 Å². The molecule has 0 aliphatic carbocycles. The molecule has 0 fully saturated rings. The number of fused-ring (bicyclic) bond motifs is 1. The van der Waals surface area contributed by atoms with E-state index in [4.69, 9.17) is 14.7 Å². The second-order valence-corrected chi connectivity index (χ2v) is 4.64. The van der Waals surface area contributed by atoms with Crippen LogP contribution in [0.15, 0.2) is 63.7 Å². The maximum atomic E-state index is 5.83. The van der Waals surface area contributed by atoms with Crippen LogP contribution in [0.3, 0.4) is 0 Å². The summed E-state index contributed by atoms with van der Waals surface area (Å²) in [5.41, 5.74) is 9.84. The van der Waals surface area contributed by atoms with E-state index in [1.54, 1.807) is 6.20 Å². The van der Waals surface area contributed by atoms with E-state index in [-0.39, 0.29) is 5.88 Å². The third kappa shape index (κ3) is 1.87. The van der Waals surface area contributed by atoms with E-state index in [0.29, 0.717) is 5.89 Å². The van der Waals surface area contributed by atoms with E-state index in [2.05, 4.69) is 10.1 Å². The highest BCUT2D eigenvalue weighted by molar-refractivity contribution is 5.86. The first kappa shape index (κ1) is 11.7. The Hall–Kier alpha value is -3.08. The molecule has 4 aromatic rings. The number of aromatic nitrogens is 2. The van der Waals surface area contributed by atoms with Crippen molar-refractivity contribution >= 4 is 17.0 Å². The zero-order valence-electron chi connectivity index (χ0n) is 11.0. The molecule has 102 valence electrons. The maximum absolute atomic E-state index is 5.83. The molecule has 21 heavy (non-hydrogen) atoms. The fraction of sp³-hybridized carbons (Fsp3) is 0. The van der Waals surface area contributed by atoms with Crippen molar-refractivity contribution in [1.29, 1.82) is 0 Å². The Morgan fingerprint density at radius 1 is 0.857 bits per heavy atom. The Labute approximate surface area is 120 Å². The zero-order valence-corrected chi connectivity index (χ0v) is 11.0. The van der Waals surface area contributed by atoms with Gasteiger partial charge in [0, 0.05) is 11.1 Å². The van der Waals surface area contributed by atoms with Gasteiger partial charge in [0.25, 0.3) is 0 Å². The SMILES string of the molecule is Nc1oncc1-c1ccccc1-c1nc2ccccc2o1. The first-order chi connectivity index (χ1) is 10.3. The van der Waals surface area contributed by atoms with Crippen LogP contribution < -0.4 is 5.73 Å². The Morgan fingerprint density at radius 3 is 2.38 bits per heavy atom. The first-order valence-electron chi connectivity index (χ1n) is 6.48.